The van der Waals surface area contributed by atoms with Crippen LogP contribution in [-0.2, 0) is 6.54 Å². The predicted octanol–water partition coefficient (Wildman–Crippen LogP) is 2.58. The Morgan fingerprint density at radius 2 is 2.22 bits per heavy atom. The molecule has 0 bridgehead atoms. The lowest BCUT2D eigenvalue weighted by Gasteiger charge is -2.25. The van der Waals surface area contributed by atoms with E-state index in [0.717, 1.165) is 12.3 Å². The Kier molecular flexibility index (Phi) is 4.39. The first-order chi connectivity index (χ1) is 8.70. The summed E-state index contributed by atoms with van der Waals surface area (Å²) in [4.78, 5) is 0. The van der Waals surface area contributed by atoms with Gasteiger partial charge in [-0.15, -0.1) is 0 Å². The van der Waals surface area contributed by atoms with Crippen LogP contribution < -0.4 is 15.4 Å². The minimum atomic E-state index is 0. The van der Waals surface area contributed by atoms with Gasteiger partial charge in [-0.1, -0.05) is 24.3 Å². The highest BCUT2D eigenvalue weighted by atomic mass is 16.5. The van der Waals surface area contributed by atoms with Crippen molar-refractivity contribution in [2.24, 2.45) is 0 Å². The molecule has 0 amide bonds. The molecule has 0 saturated heterocycles. The molecule has 1 aliphatic rings. The topological polar surface area (TPSA) is 33.3 Å². The van der Waals surface area contributed by atoms with Crippen LogP contribution in [0.15, 0.2) is 30.4 Å². The van der Waals surface area contributed by atoms with Crippen LogP contribution in [0.25, 0.3) is 0 Å². The van der Waals surface area contributed by atoms with Gasteiger partial charge in [-0.25, -0.2) is 0 Å². The van der Waals surface area contributed by atoms with Crippen LogP contribution in [0, 0.1) is 19.5 Å². The van der Waals surface area contributed by atoms with Gasteiger partial charge in [-0.05, 0) is 31.0 Å². The van der Waals surface area contributed by atoms with Crippen molar-refractivity contribution in [3.8, 4) is 5.75 Å². The molecule has 3 heteroatoms. The highest BCUT2D eigenvalue weighted by molar-refractivity contribution is 5.36. The van der Waals surface area contributed by atoms with Crippen molar-refractivity contribution in [1.29, 1.82) is 0 Å². The second kappa shape index (κ2) is 6.03. The second-order valence-electron chi connectivity index (χ2n) is 4.54. The third-order valence-corrected chi connectivity index (χ3v) is 3.16. The third-order valence-electron chi connectivity index (χ3n) is 3.16. The molecule has 1 atom stereocenters. The molecule has 2 radical (unpaired) electrons. The molecule has 18 heavy (non-hydrogen) atoms. The largest absolute Gasteiger partial charge is 0.496 e. The average Bonchev–Trinajstić information content (AvgIpc) is 2.38. The Bertz CT molecular complexity index is 434. The van der Waals surface area contributed by atoms with Gasteiger partial charge in [0, 0.05) is 20.6 Å². The van der Waals surface area contributed by atoms with Crippen LogP contribution >= 0.6 is 0 Å². The smallest absolute Gasteiger partial charge is 0.121 e. The number of ether oxygens (including phenoxy) is 1. The molecule has 0 saturated carbocycles. The number of hydrogen-bond acceptors (Lipinski definition) is 3. The van der Waals surface area contributed by atoms with Crippen LogP contribution in [0.1, 0.15) is 19.5 Å². The highest BCUT2D eigenvalue weighted by Crippen LogP contribution is 2.19. The lowest BCUT2D eigenvalue weighted by atomic mass is 10.1. The van der Waals surface area contributed by atoms with E-state index in [1.807, 2.05) is 18.7 Å². The zero-order valence-electron chi connectivity index (χ0n) is 11.2. The Hall–Kier alpha value is -1.32. The maximum Gasteiger partial charge on any atom is 0.121 e. The van der Waals surface area contributed by atoms with Gasteiger partial charge in [-0.2, -0.15) is 0 Å². The lowest BCUT2D eigenvalue weighted by Crippen LogP contribution is -2.39. The number of benzene rings is 1. The van der Waals surface area contributed by atoms with Gasteiger partial charge in [0.1, 0.15) is 5.75 Å². The van der Waals surface area contributed by atoms with E-state index >= 15 is 0 Å². The summed E-state index contributed by atoms with van der Waals surface area (Å²) >= 11 is 0. The van der Waals surface area contributed by atoms with E-state index in [2.05, 4.69) is 42.7 Å². The van der Waals surface area contributed by atoms with E-state index in [4.69, 9.17) is 4.74 Å². The van der Waals surface area contributed by atoms with Gasteiger partial charge >= 0.3 is 0 Å². The number of rotatable bonds is 4. The maximum absolute atomic E-state index is 5.26. The summed E-state index contributed by atoms with van der Waals surface area (Å²) in [6, 6.07) is 7.79. The van der Waals surface area contributed by atoms with Gasteiger partial charge in [-0.3, -0.25) is 0 Å². The first-order valence-electron chi connectivity index (χ1n) is 6.17. The normalized spacial score (nSPS) is 20.1. The highest BCUT2D eigenvalue weighted by Gasteiger charge is 2.16. The fraction of sp³-hybridized carbons (Fsp3) is 0.333. The minimum absolute atomic E-state index is 0. The second-order valence-corrected chi connectivity index (χ2v) is 4.54. The monoisotopic (exact) mass is 246 g/mol. The summed E-state index contributed by atoms with van der Waals surface area (Å²) in [6.45, 7) is 6.96. The molecule has 1 heterocycles. The van der Waals surface area contributed by atoms with Gasteiger partial charge in [0.25, 0.3) is 0 Å². The zero-order chi connectivity index (χ0) is 13.0. The summed E-state index contributed by atoms with van der Waals surface area (Å²) in [7, 11) is 1.70. The first-order valence-corrected chi connectivity index (χ1v) is 6.17. The summed E-state index contributed by atoms with van der Waals surface area (Å²) in [6.07, 6.45) is 4.19. The molecule has 1 unspecified atom stereocenters. The fourth-order valence-corrected chi connectivity index (χ4v) is 2.08. The first kappa shape index (κ1) is 13.1. The molecule has 2 N–H and O–H groups in total. The Morgan fingerprint density at radius 1 is 1.39 bits per heavy atom. The summed E-state index contributed by atoms with van der Waals surface area (Å²) in [5, 5.41) is 6.73. The van der Waals surface area contributed by atoms with Crippen molar-refractivity contribution in [2.45, 2.75) is 26.4 Å². The average molecular weight is 246 g/mol. The number of methoxy groups -OCH3 is 1. The number of aryl methyl sites for hydroxylation is 1. The van der Waals surface area contributed by atoms with E-state index in [-0.39, 0.29) is 7.47 Å². The standard InChI is InChI=1S/C15H20N2O.H2/c1-11-9-13(6-7-15(11)18-3)10-17-14-5-4-8-16-12(14)2;/h4-9,14,16-17H,10H2,1-3H3;1H. The van der Waals surface area contributed by atoms with E-state index < -0.39 is 0 Å². The minimum Gasteiger partial charge on any atom is -0.496 e. The molecular weight excluding hydrogens is 224 g/mol. The zero-order valence-corrected chi connectivity index (χ0v) is 11.2. The third kappa shape index (κ3) is 3.12. The fourth-order valence-electron chi connectivity index (χ4n) is 2.08. The number of hydrogen-bond donors (Lipinski definition) is 2. The van der Waals surface area contributed by atoms with Crippen LogP contribution in [0.3, 0.4) is 0 Å². The molecule has 2 rings (SSSR count). The quantitative estimate of drug-likeness (QED) is 0.856. The molecule has 98 valence electrons. The lowest BCUT2D eigenvalue weighted by molar-refractivity contribution is 0.411. The maximum atomic E-state index is 5.26. The van der Waals surface area contributed by atoms with E-state index in [1.165, 1.54) is 17.2 Å². The van der Waals surface area contributed by atoms with Crippen molar-refractivity contribution < 1.29 is 6.16 Å². The van der Waals surface area contributed by atoms with Crippen molar-refractivity contribution in [3.05, 3.63) is 54.1 Å². The van der Waals surface area contributed by atoms with Crippen LogP contribution in [0.5, 0.6) is 5.75 Å². The predicted molar refractivity (Wildman–Crippen MR) is 76.0 cm³/mol. The molecule has 0 spiro atoms. The summed E-state index contributed by atoms with van der Waals surface area (Å²) < 4.78 is 5.26. The molecule has 0 aromatic heterocycles. The molecule has 1 aromatic carbocycles. The van der Waals surface area contributed by atoms with E-state index in [9.17, 15) is 0 Å². The molecular formula is C15H22N2O. The molecule has 1 aliphatic heterocycles. The van der Waals surface area contributed by atoms with Crippen molar-refractivity contribution in [1.82, 2.24) is 10.6 Å². The summed E-state index contributed by atoms with van der Waals surface area (Å²) in [5.74, 6) is 0.940. The van der Waals surface area contributed by atoms with Gasteiger partial charge in [0.05, 0.1) is 13.2 Å². The van der Waals surface area contributed by atoms with E-state index in [1.54, 1.807) is 7.11 Å². The molecule has 3 nitrogen and oxygen atoms in total. The van der Waals surface area contributed by atoms with Crippen molar-refractivity contribution in [3.63, 3.8) is 0 Å². The Morgan fingerprint density at radius 3 is 2.89 bits per heavy atom. The molecule has 0 fully saturated rings. The molecule has 0 aliphatic carbocycles. The van der Waals surface area contributed by atoms with E-state index in [0.29, 0.717) is 0 Å². The van der Waals surface area contributed by atoms with Crippen LogP contribution in [0.4, 0.5) is 0 Å². The Balaban J connectivity index is 0.00000180. The SMILES string of the molecule is COc1ccc(CNC2C=C[CH]N[C]2C)cc1C.[HH]. The van der Waals surface area contributed by atoms with Crippen LogP contribution in [0.2, 0.25) is 0 Å². The van der Waals surface area contributed by atoms with Crippen molar-refractivity contribution in [2.75, 3.05) is 7.11 Å². The van der Waals surface area contributed by atoms with Gasteiger partial charge < -0.3 is 15.4 Å². The molecule has 1 aromatic rings. The van der Waals surface area contributed by atoms with Crippen LogP contribution in [-0.4, -0.2) is 13.2 Å². The van der Waals surface area contributed by atoms with Gasteiger partial charge in [0.2, 0.25) is 0 Å². The van der Waals surface area contributed by atoms with Gasteiger partial charge in [0.15, 0.2) is 0 Å². The van der Waals surface area contributed by atoms with Crippen molar-refractivity contribution >= 4 is 0 Å². The number of nitrogens with one attached hydrogen (secondary N) is 2. The summed E-state index contributed by atoms with van der Waals surface area (Å²) in [5.41, 5.74) is 2.44. The Labute approximate surface area is 111 Å².